The van der Waals surface area contributed by atoms with Crippen molar-refractivity contribution in [1.29, 1.82) is 0 Å². The van der Waals surface area contributed by atoms with Crippen molar-refractivity contribution in [3.05, 3.63) is 27.7 Å². The molecule has 1 aliphatic carbocycles. The summed E-state index contributed by atoms with van der Waals surface area (Å²) < 4.78 is 6.33. The van der Waals surface area contributed by atoms with Gasteiger partial charge in [-0.15, -0.1) is 0 Å². The molecule has 0 spiro atoms. The third kappa shape index (κ3) is 4.22. The van der Waals surface area contributed by atoms with Crippen molar-refractivity contribution >= 4 is 27.6 Å². The average molecular weight is 354 g/mol. The molecular weight excluding hydrogens is 330 g/mol. The zero-order valence-electron chi connectivity index (χ0n) is 13.0. The van der Waals surface area contributed by atoms with E-state index in [0.717, 1.165) is 31.4 Å². The molecule has 3 nitrogen and oxygen atoms in total. The van der Waals surface area contributed by atoms with Gasteiger partial charge in [0, 0.05) is 16.2 Å². The summed E-state index contributed by atoms with van der Waals surface area (Å²) >= 11 is 3.60. The van der Waals surface area contributed by atoms with Gasteiger partial charge in [-0.1, -0.05) is 22.4 Å². The predicted molar refractivity (Wildman–Crippen MR) is 89.6 cm³/mol. The molecule has 116 valence electrons. The lowest BCUT2D eigenvalue weighted by Gasteiger charge is -2.29. The Hall–Kier alpha value is -1.03. The lowest BCUT2D eigenvalue weighted by molar-refractivity contribution is -0.149. The van der Waals surface area contributed by atoms with E-state index in [2.05, 4.69) is 47.2 Å². The topological polar surface area (TPSA) is 38.3 Å². The van der Waals surface area contributed by atoms with Crippen LogP contribution >= 0.6 is 15.9 Å². The van der Waals surface area contributed by atoms with E-state index in [1.54, 1.807) is 0 Å². The van der Waals surface area contributed by atoms with Gasteiger partial charge in [0.15, 0.2) is 0 Å². The van der Waals surface area contributed by atoms with Crippen molar-refractivity contribution in [2.45, 2.75) is 52.5 Å². The maximum absolute atomic E-state index is 11.9. The van der Waals surface area contributed by atoms with Gasteiger partial charge >= 0.3 is 5.97 Å². The molecule has 2 rings (SSSR count). The summed E-state index contributed by atoms with van der Waals surface area (Å²) in [6.07, 6.45) is 4.02. The molecule has 2 unspecified atom stereocenters. The largest absolute Gasteiger partial charge is 0.466 e. The highest BCUT2D eigenvalue weighted by Crippen LogP contribution is 2.30. The predicted octanol–water partition coefficient (Wildman–Crippen LogP) is 4.60. The fourth-order valence-corrected chi connectivity index (χ4v) is 3.29. The van der Waals surface area contributed by atoms with Gasteiger partial charge in [-0.05, 0) is 63.3 Å². The molecule has 1 saturated carbocycles. The number of ether oxygens (including phenoxy) is 1. The molecule has 0 amide bonds. The number of halogens is 1. The van der Waals surface area contributed by atoms with E-state index < -0.39 is 0 Å². The molecule has 4 heteroatoms. The first-order chi connectivity index (χ1) is 10.0. The van der Waals surface area contributed by atoms with E-state index in [4.69, 9.17) is 4.74 Å². The minimum atomic E-state index is -0.0350. The summed E-state index contributed by atoms with van der Waals surface area (Å²) in [5.74, 6) is 0.0148. The highest BCUT2D eigenvalue weighted by molar-refractivity contribution is 9.10. The Bertz CT molecular complexity index is 493. The SMILES string of the molecule is CCOC(=O)C1CCCC(Nc2cc(C)c(Br)c(C)c2)C1. The lowest BCUT2D eigenvalue weighted by Crippen LogP contribution is -2.32. The minimum absolute atomic E-state index is 0.0350. The Morgan fingerprint density at radius 3 is 2.62 bits per heavy atom. The Balaban J connectivity index is 2.01. The van der Waals surface area contributed by atoms with Crippen LogP contribution in [0.1, 0.15) is 43.7 Å². The van der Waals surface area contributed by atoms with E-state index >= 15 is 0 Å². The second kappa shape index (κ2) is 7.30. The molecule has 0 heterocycles. The van der Waals surface area contributed by atoms with Crippen molar-refractivity contribution in [1.82, 2.24) is 0 Å². The first-order valence-corrected chi connectivity index (χ1v) is 8.50. The maximum Gasteiger partial charge on any atom is 0.308 e. The first-order valence-electron chi connectivity index (χ1n) is 7.71. The standard InChI is InChI=1S/C17H24BrNO2/c1-4-21-17(20)13-6-5-7-14(10-13)19-15-8-11(2)16(18)12(3)9-15/h8-9,13-14,19H,4-7,10H2,1-3H3. The summed E-state index contributed by atoms with van der Waals surface area (Å²) in [6.45, 7) is 6.54. The minimum Gasteiger partial charge on any atom is -0.466 e. The van der Waals surface area contributed by atoms with E-state index in [1.807, 2.05) is 6.92 Å². The van der Waals surface area contributed by atoms with Crippen LogP contribution in [0.15, 0.2) is 16.6 Å². The summed E-state index contributed by atoms with van der Waals surface area (Å²) in [5.41, 5.74) is 3.60. The number of carbonyl (C=O) groups excluding carboxylic acids is 1. The van der Waals surface area contributed by atoms with Crippen LogP contribution in [0.25, 0.3) is 0 Å². The van der Waals surface area contributed by atoms with E-state index in [0.29, 0.717) is 12.6 Å². The number of hydrogen-bond donors (Lipinski definition) is 1. The maximum atomic E-state index is 11.9. The Kier molecular flexibility index (Phi) is 5.68. The van der Waals surface area contributed by atoms with Gasteiger partial charge in [0.05, 0.1) is 12.5 Å². The van der Waals surface area contributed by atoms with E-state index in [9.17, 15) is 4.79 Å². The van der Waals surface area contributed by atoms with Crippen LogP contribution in [0.5, 0.6) is 0 Å². The summed E-state index contributed by atoms with van der Waals surface area (Å²) in [7, 11) is 0. The van der Waals surface area contributed by atoms with Gasteiger partial charge in [-0.3, -0.25) is 4.79 Å². The molecule has 1 aromatic carbocycles. The van der Waals surface area contributed by atoms with Crippen LogP contribution < -0.4 is 5.32 Å². The van der Waals surface area contributed by atoms with Crippen LogP contribution in [-0.2, 0) is 9.53 Å². The third-order valence-electron chi connectivity index (χ3n) is 4.10. The zero-order valence-corrected chi connectivity index (χ0v) is 14.6. The molecule has 2 atom stereocenters. The summed E-state index contributed by atoms with van der Waals surface area (Å²) in [6, 6.07) is 4.67. The average Bonchev–Trinajstić information content (AvgIpc) is 2.45. The molecule has 1 aromatic rings. The van der Waals surface area contributed by atoms with Crippen molar-refractivity contribution in [2.24, 2.45) is 5.92 Å². The molecular formula is C17H24BrNO2. The highest BCUT2D eigenvalue weighted by Gasteiger charge is 2.28. The van der Waals surface area contributed by atoms with Crippen molar-refractivity contribution < 1.29 is 9.53 Å². The van der Waals surface area contributed by atoms with Crippen LogP contribution in [0.3, 0.4) is 0 Å². The fraction of sp³-hybridized carbons (Fsp3) is 0.588. The third-order valence-corrected chi connectivity index (χ3v) is 5.35. The van der Waals surface area contributed by atoms with Gasteiger partial charge in [0.25, 0.3) is 0 Å². The number of rotatable bonds is 4. The molecule has 0 radical (unpaired) electrons. The molecule has 0 saturated heterocycles. The Morgan fingerprint density at radius 1 is 1.33 bits per heavy atom. The first kappa shape index (κ1) is 16.3. The summed E-state index contributed by atoms with van der Waals surface area (Å²) in [5, 5.41) is 3.59. The monoisotopic (exact) mass is 353 g/mol. The molecule has 0 aromatic heterocycles. The van der Waals surface area contributed by atoms with Crippen LogP contribution in [0.4, 0.5) is 5.69 Å². The number of aryl methyl sites for hydroxylation is 2. The smallest absolute Gasteiger partial charge is 0.308 e. The van der Waals surface area contributed by atoms with E-state index in [1.165, 1.54) is 15.6 Å². The number of anilines is 1. The second-order valence-corrected chi connectivity index (χ2v) is 6.67. The number of benzene rings is 1. The fourth-order valence-electron chi connectivity index (χ4n) is 3.06. The van der Waals surface area contributed by atoms with Crippen molar-refractivity contribution in [3.63, 3.8) is 0 Å². The van der Waals surface area contributed by atoms with Gasteiger partial charge in [0.1, 0.15) is 0 Å². The van der Waals surface area contributed by atoms with Crippen LogP contribution in [-0.4, -0.2) is 18.6 Å². The zero-order chi connectivity index (χ0) is 15.4. The van der Waals surface area contributed by atoms with Crippen molar-refractivity contribution in [2.75, 3.05) is 11.9 Å². The number of esters is 1. The van der Waals surface area contributed by atoms with E-state index in [-0.39, 0.29) is 11.9 Å². The molecule has 21 heavy (non-hydrogen) atoms. The highest BCUT2D eigenvalue weighted by atomic mass is 79.9. The van der Waals surface area contributed by atoms with Gasteiger partial charge in [-0.2, -0.15) is 0 Å². The molecule has 0 aliphatic heterocycles. The number of hydrogen-bond acceptors (Lipinski definition) is 3. The van der Waals surface area contributed by atoms with Crippen LogP contribution in [0.2, 0.25) is 0 Å². The molecule has 0 bridgehead atoms. The van der Waals surface area contributed by atoms with Crippen LogP contribution in [0, 0.1) is 19.8 Å². The summed E-state index contributed by atoms with van der Waals surface area (Å²) in [4.78, 5) is 11.9. The Morgan fingerprint density at radius 2 is 2.00 bits per heavy atom. The molecule has 1 fully saturated rings. The van der Waals surface area contributed by atoms with Crippen molar-refractivity contribution in [3.8, 4) is 0 Å². The quantitative estimate of drug-likeness (QED) is 0.803. The number of carbonyl (C=O) groups is 1. The molecule has 1 N–H and O–H groups in total. The normalized spacial score (nSPS) is 21.9. The molecule has 1 aliphatic rings. The Labute approximate surface area is 135 Å². The number of nitrogens with one attached hydrogen (secondary N) is 1. The second-order valence-electron chi connectivity index (χ2n) is 5.88. The van der Waals surface area contributed by atoms with Gasteiger partial charge in [0.2, 0.25) is 0 Å². The van der Waals surface area contributed by atoms with Gasteiger partial charge < -0.3 is 10.1 Å². The lowest BCUT2D eigenvalue weighted by atomic mass is 9.85. The van der Waals surface area contributed by atoms with Gasteiger partial charge in [-0.25, -0.2) is 0 Å².